The predicted molar refractivity (Wildman–Crippen MR) is 127 cm³/mol. The van der Waals surface area contributed by atoms with Gasteiger partial charge in [-0.05, 0) is 60.8 Å². The van der Waals surface area contributed by atoms with Gasteiger partial charge in [-0.2, -0.15) is 4.98 Å². The van der Waals surface area contributed by atoms with E-state index in [0.717, 1.165) is 36.9 Å². The number of fused-ring (bicyclic) bond motifs is 4. The fraction of sp³-hybridized carbons (Fsp3) is 0.500. The monoisotopic (exact) mass is 456 g/mol. The third-order valence-electron chi connectivity index (χ3n) is 5.93. The van der Waals surface area contributed by atoms with Crippen LogP contribution in [0.25, 0.3) is 5.57 Å². The molecule has 2 heterocycles. The van der Waals surface area contributed by atoms with Gasteiger partial charge in [-0.25, -0.2) is 18.1 Å². The predicted octanol–water partition coefficient (Wildman–Crippen LogP) is 5.09. The molecule has 0 fully saturated rings. The summed E-state index contributed by atoms with van der Waals surface area (Å²) >= 11 is 0. The minimum Gasteiger partial charge on any atom is -0.475 e. The molecule has 4 bridgehead atoms. The van der Waals surface area contributed by atoms with Crippen LogP contribution in [0.2, 0.25) is 0 Å². The third-order valence-corrected chi connectivity index (χ3v) is 7.26. The molecule has 1 aromatic carbocycles. The third kappa shape index (κ3) is 5.41. The molecule has 2 aliphatic rings. The maximum atomic E-state index is 13.0. The van der Waals surface area contributed by atoms with Crippen LogP contribution in [0.3, 0.4) is 0 Å². The van der Waals surface area contributed by atoms with Crippen LogP contribution in [0.15, 0.2) is 41.3 Å². The van der Waals surface area contributed by atoms with Crippen molar-refractivity contribution in [2.75, 3.05) is 16.6 Å². The Kier molecular flexibility index (Phi) is 6.16. The first kappa shape index (κ1) is 22.6. The van der Waals surface area contributed by atoms with E-state index in [1.165, 1.54) is 0 Å². The van der Waals surface area contributed by atoms with Crippen LogP contribution in [0.5, 0.6) is 5.88 Å². The molecule has 172 valence electrons. The second-order valence-corrected chi connectivity index (χ2v) is 11.6. The molecule has 8 heteroatoms. The Morgan fingerprint density at radius 3 is 2.75 bits per heavy atom. The molecule has 32 heavy (non-hydrogen) atoms. The molecule has 4 rings (SSSR count). The van der Waals surface area contributed by atoms with Crippen molar-refractivity contribution in [3.05, 3.63) is 42.1 Å². The number of hydrogen-bond donors (Lipinski definition) is 2. The van der Waals surface area contributed by atoms with Crippen LogP contribution >= 0.6 is 0 Å². The second-order valence-electron chi connectivity index (χ2n) is 9.93. The zero-order valence-electron chi connectivity index (χ0n) is 19.2. The van der Waals surface area contributed by atoms with Crippen LogP contribution in [0, 0.1) is 11.3 Å². The molecular weight excluding hydrogens is 424 g/mol. The van der Waals surface area contributed by atoms with Gasteiger partial charge in [0, 0.05) is 11.8 Å². The van der Waals surface area contributed by atoms with Crippen LogP contribution < -0.4 is 14.8 Å². The lowest BCUT2D eigenvalue weighted by atomic mass is 9.78. The number of ether oxygens (including phenoxy) is 1. The van der Waals surface area contributed by atoms with Crippen LogP contribution in [-0.4, -0.2) is 31.0 Å². The quantitative estimate of drug-likeness (QED) is 0.668. The molecule has 0 saturated carbocycles. The summed E-state index contributed by atoms with van der Waals surface area (Å²) in [4.78, 5) is 9.07. The number of sulfonamides is 1. The average Bonchev–Trinajstić information content (AvgIpc) is 2.71. The largest absolute Gasteiger partial charge is 0.475 e. The number of anilines is 2. The molecule has 0 amide bonds. The van der Waals surface area contributed by atoms with Crippen molar-refractivity contribution >= 4 is 27.2 Å². The number of benzene rings is 1. The summed E-state index contributed by atoms with van der Waals surface area (Å²) in [5.74, 6) is 0.852. The van der Waals surface area contributed by atoms with Crippen LogP contribution in [0.4, 0.5) is 11.6 Å². The Morgan fingerprint density at radius 2 is 2.03 bits per heavy atom. The number of allylic oxidation sites excluding steroid dienone is 2. The van der Waals surface area contributed by atoms with Gasteiger partial charge < -0.3 is 10.1 Å². The highest BCUT2D eigenvalue weighted by atomic mass is 32.2. The lowest BCUT2D eigenvalue weighted by molar-refractivity contribution is 0.271. The van der Waals surface area contributed by atoms with E-state index < -0.39 is 10.0 Å². The summed E-state index contributed by atoms with van der Waals surface area (Å²) in [7, 11) is -3.84. The SMILES string of the molecule is CC(C)C[C@@H]1COc2cc(C3=CCC(C)(C)CC3)nc(n2)NS(=O)(=O)c2cccc(c2)N1. The second kappa shape index (κ2) is 8.73. The summed E-state index contributed by atoms with van der Waals surface area (Å²) in [5, 5.41) is 3.43. The standard InChI is InChI=1S/C24H32N4O3S/c1-16(2)12-19-15-31-22-14-21(17-8-10-24(3,4)11-9-17)26-23(27-22)28-32(29,30)20-7-5-6-18(13-20)25-19/h5-8,13-14,16,19,25H,9-12,15H2,1-4H3,(H,26,27,28)/t19-/m1/s1. The number of rotatable bonds is 3. The van der Waals surface area contributed by atoms with Gasteiger partial charge in [0.2, 0.25) is 11.8 Å². The van der Waals surface area contributed by atoms with E-state index in [1.54, 1.807) is 18.2 Å². The van der Waals surface area contributed by atoms with Crippen LogP contribution in [-0.2, 0) is 10.0 Å². The Bertz CT molecular complexity index is 1130. The molecular formula is C24H32N4O3S. The van der Waals surface area contributed by atoms with Crippen LogP contribution in [0.1, 0.15) is 59.1 Å². The van der Waals surface area contributed by atoms with Gasteiger partial charge in [0.05, 0.1) is 16.6 Å². The van der Waals surface area contributed by atoms with E-state index in [-0.39, 0.29) is 22.3 Å². The molecule has 0 unspecified atom stereocenters. The van der Waals surface area contributed by atoms with Gasteiger partial charge in [0.1, 0.15) is 6.61 Å². The van der Waals surface area contributed by atoms with E-state index in [4.69, 9.17) is 4.74 Å². The summed E-state index contributed by atoms with van der Waals surface area (Å²) in [5.41, 5.74) is 2.81. The molecule has 2 N–H and O–H groups in total. The normalized spacial score (nSPS) is 21.8. The first-order chi connectivity index (χ1) is 15.1. The summed E-state index contributed by atoms with van der Waals surface area (Å²) < 4.78 is 34.7. The molecule has 1 aliphatic carbocycles. The average molecular weight is 457 g/mol. The first-order valence-corrected chi connectivity index (χ1v) is 12.7. The molecule has 1 atom stereocenters. The Labute approximate surface area is 190 Å². The summed E-state index contributed by atoms with van der Waals surface area (Å²) in [6.07, 6.45) is 5.96. The first-order valence-electron chi connectivity index (χ1n) is 11.2. The molecule has 1 aromatic heterocycles. The Morgan fingerprint density at radius 1 is 1.22 bits per heavy atom. The minimum atomic E-state index is -3.84. The smallest absolute Gasteiger partial charge is 0.264 e. The van der Waals surface area contributed by atoms with E-state index in [2.05, 4.69) is 53.8 Å². The summed E-state index contributed by atoms with van der Waals surface area (Å²) in [6, 6.07) is 8.63. The van der Waals surface area contributed by atoms with Gasteiger partial charge >= 0.3 is 0 Å². The van der Waals surface area contributed by atoms with Crippen molar-refractivity contribution < 1.29 is 13.2 Å². The molecule has 2 aromatic rings. The number of hydrogen-bond acceptors (Lipinski definition) is 6. The maximum absolute atomic E-state index is 13.0. The van der Waals surface area contributed by atoms with Crippen molar-refractivity contribution in [3.63, 3.8) is 0 Å². The molecule has 0 radical (unpaired) electrons. The molecule has 0 saturated heterocycles. The highest BCUT2D eigenvalue weighted by molar-refractivity contribution is 7.92. The van der Waals surface area contributed by atoms with Gasteiger partial charge in [0.15, 0.2) is 0 Å². The lowest BCUT2D eigenvalue weighted by Crippen LogP contribution is -2.29. The highest BCUT2D eigenvalue weighted by Crippen LogP contribution is 2.38. The van der Waals surface area contributed by atoms with Gasteiger partial charge in [-0.15, -0.1) is 0 Å². The Hall–Kier alpha value is -2.61. The van der Waals surface area contributed by atoms with E-state index in [0.29, 0.717) is 24.1 Å². The summed E-state index contributed by atoms with van der Waals surface area (Å²) in [6.45, 7) is 9.23. The zero-order chi connectivity index (χ0) is 22.9. The fourth-order valence-corrected chi connectivity index (χ4v) is 5.10. The highest BCUT2D eigenvalue weighted by Gasteiger charge is 2.25. The number of nitrogens with zero attached hydrogens (tertiary/aromatic N) is 2. The minimum absolute atomic E-state index is 0.0110. The lowest BCUT2D eigenvalue weighted by Gasteiger charge is -2.28. The van der Waals surface area contributed by atoms with E-state index in [9.17, 15) is 8.42 Å². The topological polar surface area (TPSA) is 93.2 Å². The maximum Gasteiger partial charge on any atom is 0.264 e. The molecule has 7 nitrogen and oxygen atoms in total. The van der Waals surface area contributed by atoms with E-state index >= 15 is 0 Å². The number of nitrogens with one attached hydrogen (secondary N) is 2. The molecule has 0 spiro atoms. The molecule has 1 aliphatic heterocycles. The van der Waals surface area contributed by atoms with Gasteiger partial charge in [-0.1, -0.05) is 39.8 Å². The van der Waals surface area contributed by atoms with Crippen molar-refractivity contribution in [2.24, 2.45) is 11.3 Å². The van der Waals surface area contributed by atoms with Gasteiger partial charge in [0.25, 0.3) is 10.0 Å². The fourth-order valence-electron chi connectivity index (χ4n) is 4.11. The van der Waals surface area contributed by atoms with Gasteiger partial charge in [-0.3, -0.25) is 0 Å². The van der Waals surface area contributed by atoms with Crippen molar-refractivity contribution in [2.45, 2.75) is 64.3 Å². The van der Waals surface area contributed by atoms with Crippen molar-refractivity contribution in [1.29, 1.82) is 0 Å². The van der Waals surface area contributed by atoms with Crippen molar-refractivity contribution in [3.8, 4) is 5.88 Å². The van der Waals surface area contributed by atoms with Crippen molar-refractivity contribution in [1.82, 2.24) is 9.97 Å². The zero-order valence-corrected chi connectivity index (χ0v) is 20.0. The van der Waals surface area contributed by atoms with E-state index in [1.807, 2.05) is 12.1 Å². The Balaban J connectivity index is 1.75. The number of aromatic nitrogens is 2.